The van der Waals surface area contributed by atoms with Gasteiger partial charge in [-0.1, -0.05) is 30.7 Å². The van der Waals surface area contributed by atoms with Crippen LogP contribution in [0.15, 0.2) is 18.2 Å². The lowest BCUT2D eigenvalue weighted by molar-refractivity contribution is 0.219. The SMILES string of the molecule is CCC(CO)CNCCc1ccc(C)cc1C. The van der Waals surface area contributed by atoms with Gasteiger partial charge in [-0.3, -0.25) is 0 Å². The lowest BCUT2D eigenvalue weighted by atomic mass is 10.0. The molecule has 2 N–H and O–H groups in total. The minimum Gasteiger partial charge on any atom is -0.396 e. The Morgan fingerprint density at radius 2 is 2.06 bits per heavy atom. The van der Waals surface area contributed by atoms with Gasteiger partial charge in [0.2, 0.25) is 0 Å². The minimum absolute atomic E-state index is 0.285. The highest BCUT2D eigenvalue weighted by atomic mass is 16.3. The first kappa shape index (κ1) is 14.2. The van der Waals surface area contributed by atoms with Gasteiger partial charge in [0.1, 0.15) is 0 Å². The van der Waals surface area contributed by atoms with E-state index in [0.29, 0.717) is 5.92 Å². The van der Waals surface area contributed by atoms with Crippen molar-refractivity contribution in [1.29, 1.82) is 0 Å². The molecule has 0 aliphatic carbocycles. The molecule has 2 heteroatoms. The minimum atomic E-state index is 0.285. The summed E-state index contributed by atoms with van der Waals surface area (Å²) in [4.78, 5) is 0. The number of nitrogens with one attached hydrogen (secondary N) is 1. The monoisotopic (exact) mass is 235 g/mol. The van der Waals surface area contributed by atoms with Crippen LogP contribution in [-0.4, -0.2) is 24.8 Å². The summed E-state index contributed by atoms with van der Waals surface area (Å²) in [6.07, 6.45) is 2.10. The van der Waals surface area contributed by atoms with Crippen molar-refractivity contribution in [2.24, 2.45) is 5.92 Å². The van der Waals surface area contributed by atoms with Gasteiger partial charge in [-0.05, 0) is 50.3 Å². The summed E-state index contributed by atoms with van der Waals surface area (Å²) in [5, 5.41) is 12.5. The fraction of sp³-hybridized carbons (Fsp3) is 0.600. The molecule has 17 heavy (non-hydrogen) atoms. The molecule has 1 aromatic rings. The molecule has 1 aromatic carbocycles. The van der Waals surface area contributed by atoms with E-state index in [4.69, 9.17) is 5.11 Å². The van der Waals surface area contributed by atoms with Crippen LogP contribution >= 0.6 is 0 Å². The quantitative estimate of drug-likeness (QED) is 0.712. The van der Waals surface area contributed by atoms with Crippen LogP contribution in [0.2, 0.25) is 0 Å². The fourth-order valence-corrected chi connectivity index (χ4v) is 1.99. The van der Waals surface area contributed by atoms with Crippen LogP contribution in [-0.2, 0) is 6.42 Å². The second-order valence-corrected chi connectivity index (χ2v) is 4.84. The highest BCUT2D eigenvalue weighted by molar-refractivity contribution is 5.30. The highest BCUT2D eigenvalue weighted by Crippen LogP contribution is 2.10. The molecule has 0 saturated heterocycles. The second-order valence-electron chi connectivity index (χ2n) is 4.84. The molecule has 0 radical (unpaired) electrons. The Morgan fingerprint density at radius 1 is 1.29 bits per heavy atom. The zero-order valence-corrected chi connectivity index (χ0v) is 11.3. The molecule has 1 rings (SSSR count). The molecule has 0 saturated carbocycles. The van der Waals surface area contributed by atoms with E-state index in [9.17, 15) is 0 Å². The first-order chi connectivity index (χ1) is 8.17. The molecule has 1 atom stereocenters. The van der Waals surface area contributed by atoms with E-state index in [1.807, 2.05) is 0 Å². The van der Waals surface area contributed by atoms with Crippen LogP contribution in [0.25, 0.3) is 0 Å². The fourth-order valence-electron chi connectivity index (χ4n) is 1.99. The number of aliphatic hydroxyl groups is 1. The summed E-state index contributed by atoms with van der Waals surface area (Å²) >= 11 is 0. The van der Waals surface area contributed by atoms with Gasteiger partial charge >= 0.3 is 0 Å². The van der Waals surface area contributed by atoms with E-state index in [1.54, 1.807) is 0 Å². The molecule has 96 valence electrons. The van der Waals surface area contributed by atoms with Crippen LogP contribution < -0.4 is 5.32 Å². The number of aryl methyl sites for hydroxylation is 2. The van der Waals surface area contributed by atoms with Crippen molar-refractivity contribution in [1.82, 2.24) is 5.32 Å². The van der Waals surface area contributed by atoms with Crippen molar-refractivity contribution >= 4 is 0 Å². The van der Waals surface area contributed by atoms with Gasteiger partial charge in [-0.2, -0.15) is 0 Å². The molecular weight excluding hydrogens is 210 g/mol. The third kappa shape index (κ3) is 4.88. The Hall–Kier alpha value is -0.860. The van der Waals surface area contributed by atoms with E-state index in [2.05, 4.69) is 44.3 Å². The topological polar surface area (TPSA) is 32.3 Å². The molecule has 0 bridgehead atoms. The molecule has 0 heterocycles. The third-order valence-electron chi connectivity index (χ3n) is 3.34. The van der Waals surface area contributed by atoms with Crippen LogP contribution in [0.5, 0.6) is 0 Å². The first-order valence-electron chi connectivity index (χ1n) is 6.55. The summed E-state index contributed by atoms with van der Waals surface area (Å²) in [7, 11) is 0. The van der Waals surface area contributed by atoms with E-state index in [0.717, 1.165) is 25.9 Å². The number of hydrogen-bond acceptors (Lipinski definition) is 2. The van der Waals surface area contributed by atoms with E-state index < -0.39 is 0 Å². The molecule has 0 aliphatic rings. The van der Waals surface area contributed by atoms with Gasteiger partial charge < -0.3 is 10.4 Å². The predicted molar refractivity (Wildman–Crippen MR) is 73.4 cm³/mol. The van der Waals surface area contributed by atoms with Gasteiger partial charge in [0, 0.05) is 13.2 Å². The number of rotatable bonds is 7. The number of aliphatic hydroxyl groups excluding tert-OH is 1. The maximum atomic E-state index is 9.08. The summed E-state index contributed by atoms with van der Waals surface area (Å²) in [6, 6.07) is 6.62. The Kier molecular flexibility index (Phi) is 6.23. The summed E-state index contributed by atoms with van der Waals surface area (Å²) in [6.45, 7) is 8.60. The average Bonchev–Trinajstić information content (AvgIpc) is 2.32. The van der Waals surface area contributed by atoms with Crippen LogP contribution in [0.4, 0.5) is 0 Å². The normalized spacial score (nSPS) is 12.7. The van der Waals surface area contributed by atoms with E-state index in [-0.39, 0.29) is 6.61 Å². The van der Waals surface area contributed by atoms with Crippen molar-refractivity contribution in [3.63, 3.8) is 0 Å². The van der Waals surface area contributed by atoms with Gasteiger partial charge in [0.15, 0.2) is 0 Å². The molecular formula is C15H25NO. The lowest BCUT2D eigenvalue weighted by Crippen LogP contribution is -2.26. The molecule has 0 aliphatic heterocycles. The lowest BCUT2D eigenvalue weighted by Gasteiger charge is -2.13. The number of hydrogen-bond donors (Lipinski definition) is 2. The largest absolute Gasteiger partial charge is 0.396 e. The van der Waals surface area contributed by atoms with Gasteiger partial charge in [-0.15, -0.1) is 0 Å². The van der Waals surface area contributed by atoms with Crippen LogP contribution in [0, 0.1) is 19.8 Å². The van der Waals surface area contributed by atoms with Crippen LogP contribution in [0.3, 0.4) is 0 Å². The van der Waals surface area contributed by atoms with E-state index >= 15 is 0 Å². The van der Waals surface area contributed by atoms with Crippen molar-refractivity contribution < 1.29 is 5.11 Å². The van der Waals surface area contributed by atoms with E-state index in [1.165, 1.54) is 16.7 Å². The maximum absolute atomic E-state index is 9.08. The molecule has 0 fully saturated rings. The number of benzene rings is 1. The molecule has 0 spiro atoms. The van der Waals surface area contributed by atoms with Gasteiger partial charge in [-0.25, -0.2) is 0 Å². The Bertz CT molecular complexity index is 332. The van der Waals surface area contributed by atoms with Crippen molar-refractivity contribution in [3.05, 3.63) is 34.9 Å². The van der Waals surface area contributed by atoms with Crippen LogP contribution in [0.1, 0.15) is 30.0 Å². The summed E-state index contributed by atoms with van der Waals surface area (Å²) in [5.41, 5.74) is 4.12. The summed E-state index contributed by atoms with van der Waals surface area (Å²) in [5.74, 6) is 0.397. The second kappa shape index (κ2) is 7.46. The predicted octanol–water partition coefficient (Wildman–Crippen LogP) is 2.45. The zero-order valence-electron chi connectivity index (χ0n) is 11.3. The Labute approximate surface area is 105 Å². The molecule has 0 aromatic heterocycles. The van der Waals surface area contributed by atoms with Crippen molar-refractivity contribution in [3.8, 4) is 0 Å². The van der Waals surface area contributed by atoms with Gasteiger partial charge in [0.25, 0.3) is 0 Å². The summed E-state index contributed by atoms with van der Waals surface area (Å²) < 4.78 is 0. The molecule has 0 amide bonds. The molecule has 2 nitrogen and oxygen atoms in total. The third-order valence-corrected chi connectivity index (χ3v) is 3.34. The smallest absolute Gasteiger partial charge is 0.0471 e. The Balaban J connectivity index is 2.31. The van der Waals surface area contributed by atoms with Crippen molar-refractivity contribution in [2.75, 3.05) is 19.7 Å². The van der Waals surface area contributed by atoms with Gasteiger partial charge in [0.05, 0.1) is 0 Å². The standard InChI is InChI=1S/C15H25NO/c1-4-14(11-17)10-16-8-7-15-6-5-12(2)9-13(15)3/h5-6,9,14,16-17H,4,7-8,10-11H2,1-3H3. The maximum Gasteiger partial charge on any atom is 0.0471 e. The highest BCUT2D eigenvalue weighted by Gasteiger charge is 2.03. The first-order valence-corrected chi connectivity index (χ1v) is 6.55. The van der Waals surface area contributed by atoms with Crippen molar-refractivity contribution in [2.45, 2.75) is 33.6 Å². The Morgan fingerprint density at radius 3 is 2.65 bits per heavy atom. The zero-order chi connectivity index (χ0) is 12.7. The average molecular weight is 235 g/mol. The molecule has 1 unspecified atom stereocenters.